The lowest BCUT2D eigenvalue weighted by Crippen LogP contribution is -2.41. The Bertz CT molecular complexity index is 1070. The van der Waals surface area contributed by atoms with Crippen molar-refractivity contribution in [1.29, 1.82) is 0 Å². The third-order valence-corrected chi connectivity index (χ3v) is 4.56. The molecule has 0 aliphatic carbocycles. The minimum Gasteiger partial charge on any atom is -0.481 e. The highest BCUT2D eigenvalue weighted by molar-refractivity contribution is 5.97. The van der Waals surface area contributed by atoms with E-state index in [1.54, 1.807) is 30.5 Å². The zero-order valence-electron chi connectivity index (χ0n) is 16.0. The van der Waals surface area contributed by atoms with Crippen LogP contribution in [0.2, 0.25) is 0 Å². The second kappa shape index (κ2) is 9.51. The number of carboxylic acid groups (broad SMARTS) is 2. The standard InChI is InChI=1S/C22H21N3O5/c26-20(27)10-9-19(22(29)30)25-21(28)15-4-6-17(7-5-15)24-13-14-3-8-18-16(12-14)2-1-11-23-18/h1-8,11-12,19,24H,9-10,13H2,(H,25,28)(H,26,27)(H,29,30)/t19-/m0/s1. The molecular formula is C22H21N3O5. The van der Waals surface area contributed by atoms with E-state index in [0.29, 0.717) is 12.1 Å². The Morgan fingerprint density at radius 2 is 1.77 bits per heavy atom. The largest absolute Gasteiger partial charge is 0.481 e. The Morgan fingerprint density at radius 3 is 2.47 bits per heavy atom. The lowest BCUT2D eigenvalue weighted by atomic mass is 10.1. The van der Waals surface area contributed by atoms with Gasteiger partial charge < -0.3 is 20.8 Å². The molecule has 154 valence electrons. The van der Waals surface area contributed by atoms with E-state index in [2.05, 4.69) is 21.7 Å². The number of hydrogen-bond donors (Lipinski definition) is 4. The van der Waals surface area contributed by atoms with Gasteiger partial charge in [-0.25, -0.2) is 4.79 Å². The summed E-state index contributed by atoms with van der Waals surface area (Å²) in [5.74, 6) is -2.96. The molecule has 0 aliphatic rings. The lowest BCUT2D eigenvalue weighted by molar-refractivity contribution is -0.140. The molecule has 1 aromatic heterocycles. The van der Waals surface area contributed by atoms with Crippen LogP contribution in [-0.4, -0.2) is 39.1 Å². The average molecular weight is 407 g/mol. The van der Waals surface area contributed by atoms with Crippen LogP contribution in [0.4, 0.5) is 5.69 Å². The van der Waals surface area contributed by atoms with E-state index in [1.807, 2.05) is 24.3 Å². The molecule has 1 atom stereocenters. The summed E-state index contributed by atoms with van der Waals surface area (Å²) in [5.41, 5.74) is 3.11. The van der Waals surface area contributed by atoms with Gasteiger partial charge in [0, 0.05) is 35.8 Å². The second-order valence-electron chi connectivity index (χ2n) is 6.76. The fourth-order valence-electron chi connectivity index (χ4n) is 2.95. The second-order valence-corrected chi connectivity index (χ2v) is 6.76. The summed E-state index contributed by atoms with van der Waals surface area (Å²) < 4.78 is 0. The quantitative estimate of drug-likeness (QED) is 0.429. The molecule has 8 heteroatoms. The molecule has 0 saturated carbocycles. The molecule has 0 unspecified atom stereocenters. The summed E-state index contributed by atoms with van der Waals surface area (Å²) in [5, 5.41) is 24.5. The summed E-state index contributed by atoms with van der Waals surface area (Å²) in [7, 11) is 0. The first-order valence-corrected chi connectivity index (χ1v) is 9.35. The van der Waals surface area contributed by atoms with E-state index in [9.17, 15) is 14.4 Å². The number of carbonyl (C=O) groups is 3. The third kappa shape index (κ3) is 5.54. The summed E-state index contributed by atoms with van der Waals surface area (Å²) in [4.78, 5) is 38.4. The molecule has 2 aromatic carbocycles. The van der Waals surface area contributed by atoms with Crippen LogP contribution in [0.25, 0.3) is 10.9 Å². The number of pyridine rings is 1. The van der Waals surface area contributed by atoms with Crippen LogP contribution in [0.1, 0.15) is 28.8 Å². The number of aromatic nitrogens is 1. The summed E-state index contributed by atoms with van der Waals surface area (Å²) >= 11 is 0. The molecule has 4 N–H and O–H groups in total. The van der Waals surface area contributed by atoms with Crippen molar-refractivity contribution in [3.8, 4) is 0 Å². The minimum absolute atomic E-state index is 0.183. The Balaban J connectivity index is 1.58. The first-order chi connectivity index (χ1) is 14.4. The average Bonchev–Trinajstić information content (AvgIpc) is 2.75. The van der Waals surface area contributed by atoms with Crippen LogP contribution in [0.5, 0.6) is 0 Å². The maximum Gasteiger partial charge on any atom is 0.326 e. The van der Waals surface area contributed by atoms with Gasteiger partial charge in [-0.15, -0.1) is 0 Å². The fourth-order valence-corrected chi connectivity index (χ4v) is 2.95. The Kier molecular flexibility index (Phi) is 6.59. The molecule has 0 bridgehead atoms. The first kappa shape index (κ1) is 20.8. The Hall–Kier alpha value is -3.94. The van der Waals surface area contributed by atoms with Gasteiger partial charge in [-0.05, 0) is 54.4 Å². The van der Waals surface area contributed by atoms with Crippen LogP contribution < -0.4 is 10.6 Å². The van der Waals surface area contributed by atoms with Crippen LogP contribution in [0.3, 0.4) is 0 Å². The number of hydrogen-bond acceptors (Lipinski definition) is 5. The summed E-state index contributed by atoms with van der Waals surface area (Å²) in [6.07, 6.45) is 1.23. The normalized spacial score (nSPS) is 11.6. The van der Waals surface area contributed by atoms with Gasteiger partial charge in [0.2, 0.25) is 0 Å². The van der Waals surface area contributed by atoms with E-state index >= 15 is 0 Å². The molecular weight excluding hydrogens is 386 g/mol. The SMILES string of the molecule is O=C(O)CC[C@H](NC(=O)c1ccc(NCc2ccc3ncccc3c2)cc1)C(=O)O. The number of fused-ring (bicyclic) bond motifs is 1. The van der Waals surface area contributed by atoms with Crippen molar-refractivity contribution in [2.24, 2.45) is 0 Å². The Morgan fingerprint density at radius 1 is 1.00 bits per heavy atom. The van der Waals surface area contributed by atoms with Gasteiger partial charge in [-0.1, -0.05) is 12.1 Å². The van der Waals surface area contributed by atoms with Gasteiger partial charge in [0.25, 0.3) is 5.91 Å². The molecule has 8 nitrogen and oxygen atoms in total. The van der Waals surface area contributed by atoms with Gasteiger partial charge in [-0.2, -0.15) is 0 Å². The number of rotatable bonds is 9. The molecule has 1 heterocycles. The smallest absolute Gasteiger partial charge is 0.326 e. The van der Waals surface area contributed by atoms with Crippen LogP contribution in [0.15, 0.2) is 60.8 Å². The molecule has 1 amide bonds. The van der Waals surface area contributed by atoms with Gasteiger partial charge in [-0.3, -0.25) is 14.6 Å². The van der Waals surface area contributed by atoms with Crippen LogP contribution in [-0.2, 0) is 16.1 Å². The van der Waals surface area contributed by atoms with Gasteiger partial charge in [0.15, 0.2) is 0 Å². The third-order valence-electron chi connectivity index (χ3n) is 4.56. The van der Waals surface area contributed by atoms with Crippen molar-refractivity contribution in [3.63, 3.8) is 0 Å². The van der Waals surface area contributed by atoms with Crippen molar-refractivity contribution in [2.45, 2.75) is 25.4 Å². The van der Waals surface area contributed by atoms with Gasteiger partial charge >= 0.3 is 11.9 Å². The molecule has 0 saturated heterocycles. The number of carbonyl (C=O) groups excluding carboxylic acids is 1. The predicted molar refractivity (Wildman–Crippen MR) is 111 cm³/mol. The van der Waals surface area contributed by atoms with E-state index in [1.165, 1.54) is 0 Å². The molecule has 3 aromatic rings. The maximum absolute atomic E-state index is 12.3. The van der Waals surface area contributed by atoms with E-state index in [0.717, 1.165) is 22.2 Å². The van der Waals surface area contributed by atoms with E-state index in [4.69, 9.17) is 10.2 Å². The monoisotopic (exact) mass is 407 g/mol. The van der Waals surface area contributed by atoms with E-state index < -0.39 is 23.9 Å². The van der Waals surface area contributed by atoms with Crippen LogP contribution in [0, 0.1) is 0 Å². The molecule has 0 fully saturated rings. The molecule has 0 spiro atoms. The first-order valence-electron chi connectivity index (χ1n) is 9.35. The van der Waals surface area contributed by atoms with Crippen molar-refractivity contribution in [3.05, 3.63) is 71.9 Å². The number of benzene rings is 2. The molecule has 30 heavy (non-hydrogen) atoms. The van der Waals surface area contributed by atoms with Crippen molar-refractivity contribution in [1.82, 2.24) is 10.3 Å². The summed E-state index contributed by atoms with van der Waals surface area (Å²) in [6, 6.07) is 15.3. The zero-order valence-corrected chi connectivity index (χ0v) is 16.0. The highest BCUT2D eigenvalue weighted by atomic mass is 16.4. The highest BCUT2D eigenvalue weighted by Gasteiger charge is 2.21. The number of amides is 1. The molecule has 0 aliphatic heterocycles. The summed E-state index contributed by atoms with van der Waals surface area (Å²) in [6.45, 7) is 0.590. The molecule has 3 rings (SSSR count). The maximum atomic E-state index is 12.3. The zero-order chi connectivity index (χ0) is 21.5. The van der Waals surface area contributed by atoms with E-state index in [-0.39, 0.29) is 12.8 Å². The number of aliphatic carboxylic acids is 2. The highest BCUT2D eigenvalue weighted by Crippen LogP contribution is 2.16. The van der Waals surface area contributed by atoms with Crippen molar-refractivity contribution >= 4 is 34.4 Å². The topological polar surface area (TPSA) is 129 Å². The van der Waals surface area contributed by atoms with Crippen molar-refractivity contribution < 1.29 is 24.6 Å². The lowest BCUT2D eigenvalue weighted by Gasteiger charge is -2.14. The Labute approximate surface area is 172 Å². The van der Waals surface area contributed by atoms with Crippen molar-refractivity contribution in [2.75, 3.05) is 5.32 Å². The predicted octanol–water partition coefficient (Wildman–Crippen LogP) is 2.89. The number of nitrogens with one attached hydrogen (secondary N) is 2. The van der Waals surface area contributed by atoms with Crippen LogP contribution >= 0.6 is 0 Å². The van der Waals surface area contributed by atoms with Gasteiger partial charge in [0.05, 0.1) is 5.52 Å². The molecule has 0 radical (unpaired) electrons. The number of carboxylic acids is 2. The minimum atomic E-state index is -1.27. The number of nitrogens with zero attached hydrogens (tertiary/aromatic N) is 1. The fraction of sp³-hybridized carbons (Fsp3) is 0.182. The number of anilines is 1. The van der Waals surface area contributed by atoms with Gasteiger partial charge in [0.1, 0.15) is 6.04 Å².